The van der Waals surface area contributed by atoms with Gasteiger partial charge in [-0.05, 0) is 57.1 Å². The second kappa shape index (κ2) is 8.71. The first-order valence-corrected chi connectivity index (χ1v) is 10.3. The molecule has 0 aliphatic carbocycles. The monoisotopic (exact) mass is 405 g/mol. The molecule has 0 bridgehead atoms. The topological polar surface area (TPSA) is 65.4 Å². The van der Waals surface area contributed by atoms with Crippen LogP contribution in [-0.4, -0.2) is 43.1 Å². The summed E-state index contributed by atoms with van der Waals surface area (Å²) in [6.07, 6.45) is 1.88. The largest absolute Gasteiger partial charge is 0.497 e. The van der Waals surface area contributed by atoms with E-state index in [2.05, 4.69) is 5.32 Å². The minimum atomic E-state index is -0.348. The molecule has 6 heteroatoms. The molecule has 1 aliphatic rings. The molecule has 0 atom stereocenters. The van der Waals surface area contributed by atoms with Crippen LogP contribution in [0.1, 0.15) is 40.4 Å². The first-order chi connectivity index (χ1) is 14.6. The van der Waals surface area contributed by atoms with Crippen LogP contribution in [0.4, 0.5) is 0 Å². The van der Waals surface area contributed by atoms with Gasteiger partial charge in [0, 0.05) is 11.5 Å². The van der Waals surface area contributed by atoms with Gasteiger partial charge in [-0.25, -0.2) is 9.48 Å². The summed E-state index contributed by atoms with van der Waals surface area (Å²) in [7, 11) is 3.07. The number of nitrogens with zero attached hydrogens (tertiary/aromatic N) is 2. The normalized spacial score (nSPS) is 14.5. The fourth-order valence-electron chi connectivity index (χ4n) is 4.01. The molecule has 2 aromatic carbocycles. The molecule has 1 N–H and O–H groups in total. The van der Waals surface area contributed by atoms with Crippen molar-refractivity contribution < 1.29 is 14.3 Å². The molecule has 3 aromatic rings. The van der Waals surface area contributed by atoms with Gasteiger partial charge in [-0.3, -0.25) is 0 Å². The highest BCUT2D eigenvalue weighted by Crippen LogP contribution is 2.36. The molecule has 1 aromatic heterocycles. The Morgan fingerprint density at radius 1 is 1.03 bits per heavy atom. The molecular weight excluding hydrogens is 378 g/mol. The first kappa shape index (κ1) is 20.2. The van der Waals surface area contributed by atoms with Gasteiger partial charge < -0.3 is 14.8 Å². The fraction of sp³-hybridized carbons (Fsp3) is 0.333. The predicted octanol–water partition coefficient (Wildman–Crippen LogP) is 4.11. The van der Waals surface area contributed by atoms with Gasteiger partial charge in [0.2, 0.25) is 0 Å². The van der Waals surface area contributed by atoms with Crippen molar-refractivity contribution in [2.45, 2.75) is 25.7 Å². The minimum Gasteiger partial charge on any atom is -0.497 e. The Bertz CT molecular complexity index is 1020. The van der Waals surface area contributed by atoms with Gasteiger partial charge in [-0.15, -0.1) is 0 Å². The van der Waals surface area contributed by atoms with Crippen molar-refractivity contribution in [3.63, 3.8) is 0 Å². The zero-order chi connectivity index (χ0) is 21.1. The number of aromatic nitrogens is 2. The van der Waals surface area contributed by atoms with Gasteiger partial charge in [0.1, 0.15) is 11.3 Å². The van der Waals surface area contributed by atoms with Crippen molar-refractivity contribution in [2.75, 3.05) is 27.3 Å². The molecule has 30 heavy (non-hydrogen) atoms. The lowest BCUT2D eigenvalue weighted by Crippen LogP contribution is -2.27. The number of methoxy groups -OCH3 is 2. The number of hydrogen-bond donors (Lipinski definition) is 1. The molecule has 0 radical (unpaired) electrons. The van der Waals surface area contributed by atoms with Crippen molar-refractivity contribution in [2.24, 2.45) is 0 Å². The van der Waals surface area contributed by atoms with E-state index in [1.807, 2.05) is 60.1 Å². The van der Waals surface area contributed by atoms with Crippen molar-refractivity contribution in [1.29, 1.82) is 0 Å². The van der Waals surface area contributed by atoms with Crippen LogP contribution < -0.4 is 10.1 Å². The summed E-state index contributed by atoms with van der Waals surface area (Å²) in [5, 5.41) is 8.36. The van der Waals surface area contributed by atoms with Gasteiger partial charge in [0.25, 0.3) is 0 Å². The standard InChI is InChI=1S/C24H27N3O3/c1-16-4-6-18(7-5-16)23-21(24(28)30-3)22(17-12-14-25-15-13-17)26-27(23)19-8-10-20(29-2)11-9-19/h4-11,17,25H,12-15H2,1-3H3. The maximum absolute atomic E-state index is 13.0. The first-order valence-electron chi connectivity index (χ1n) is 10.3. The number of carbonyl (C=O) groups is 1. The lowest BCUT2D eigenvalue weighted by atomic mass is 9.90. The van der Waals surface area contributed by atoms with Crippen LogP contribution >= 0.6 is 0 Å². The van der Waals surface area contributed by atoms with E-state index in [1.165, 1.54) is 7.11 Å². The molecule has 156 valence electrons. The number of hydrogen-bond acceptors (Lipinski definition) is 5. The smallest absolute Gasteiger partial charge is 0.342 e. The van der Waals surface area contributed by atoms with Gasteiger partial charge in [-0.2, -0.15) is 5.10 Å². The zero-order valence-corrected chi connectivity index (χ0v) is 17.6. The van der Waals surface area contributed by atoms with E-state index in [0.717, 1.165) is 59.9 Å². The van der Waals surface area contributed by atoms with E-state index < -0.39 is 0 Å². The highest BCUT2D eigenvalue weighted by atomic mass is 16.5. The van der Waals surface area contributed by atoms with E-state index >= 15 is 0 Å². The highest BCUT2D eigenvalue weighted by molar-refractivity contribution is 5.98. The molecule has 1 fully saturated rings. The maximum atomic E-state index is 13.0. The van der Waals surface area contributed by atoms with Gasteiger partial charge >= 0.3 is 5.97 Å². The summed E-state index contributed by atoms with van der Waals surface area (Å²) in [5.74, 6) is 0.637. The zero-order valence-electron chi connectivity index (χ0n) is 17.6. The van der Waals surface area contributed by atoms with E-state index in [1.54, 1.807) is 7.11 Å². The third-order valence-corrected chi connectivity index (χ3v) is 5.67. The van der Waals surface area contributed by atoms with Crippen molar-refractivity contribution in [3.05, 3.63) is 65.4 Å². The summed E-state index contributed by atoms with van der Waals surface area (Å²) in [6, 6.07) is 15.9. The summed E-state index contributed by atoms with van der Waals surface area (Å²) in [6.45, 7) is 3.88. The number of piperidine rings is 1. The molecule has 1 saturated heterocycles. The maximum Gasteiger partial charge on any atom is 0.342 e. The van der Waals surface area contributed by atoms with Crippen molar-refractivity contribution in [3.8, 4) is 22.7 Å². The molecular formula is C24H27N3O3. The van der Waals surface area contributed by atoms with Crippen LogP contribution in [0.2, 0.25) is 0 Å². The van der Waals surface area contributed by atoms with E-state index in [4.69, 9.17) is 14.6 Å². The number of aryl methyl sites for hydroxylation is 1. The van der Waals surface area contributed by atoms with Crippen LogP contribution in [0.15, 0.2) is 48.5 Å². The van der Waals surface area contributed by atoms with Crippen LogP contribution in [-0.2, 0) is 4.74 Å². The Balaban J connectivity index is 1.95. The Labute approximate surface area is 176 Å². The average molecular weight is 405 g/mol. The molecule has 0 saturated carbocycles. The van der Waals surface area contributed by atoms with Crippen LogP contribution in [0, 0.1) is 6.92 Å². The molecule has 0 amide bonds. The van der Waals surface area contributed by atoms with E-state index in [9.17, 15) is 4.79 Å². The van der Waals surface area contributed by atoms with E-state index in [0.29, 0.717) is 5.56 Å². The summed E-state index contributed by atoms with van der Waals surface area (Å²) in [4.78, 5) is 13.0. The number of nitrogens with one attached hydrogen (secondary N) is 1. The number of benzene rings is 2. The number of rotatable bonds is 5. The van der Waals surface area contributed by atoms with Crippen LogP contribution in [0.5, 0.6) is 5.75 Å². The van der Waals surface area contributed by atoms with Crippen molar-refractivity contribution >= 4 is 5.97 Å². The quantitative estimate of drug-likeness (QED) is 0.647. The second-order valence-corrected chi connectivity index (χ2v) is 7.60. The van der Waals surface area contributed by atoms with Crippen molar-refractivity contribution in [1.82, 2.24) is 15.1 Å². The van der Waals surface area contributed by atoms with Crippen LogP contribution in [0.3, 0.4) is 0 Å². The minimum absolute atomic E-state index is 0.212. The lowest BCUT2D eigenvalue weighted by molar-refractivity contribution is 0.0599. The Morgan fingerprint density at radius 3 is 2.30 bits per heavy atom. The SMILES string of the molecule is COC(=O)c1c(C2CCNCC2)nn(-c2ccc(OC)cc2)c1-c1ccc(C)cc1. The Morgan fingerprint density at radius 2 is 1.70 bits per heavy atom. The lowest BCUT2D eigenvalue weighted by Gasteiger charge is -2.21. The summed E-state index contributed by atoms with van der Waals surface area (Å²) >= 11 is 0. The third kappa shape index (κ3) is 3.83. The fourth-order valence-corrected chi connectivity index (χ4v) is 4.01. The highest BCUT2D eigenvalue weighted by Gasteiger charge is 2.31. The number of carbonyl (C=O) groups excluding carboxylic acids is 1. The van der Waals surface area contributed by atoms with Gasteiger partial charge in [0.15, 0.2) is 0 Å². The Hall–Kier alpha value is -3.12. The second-order valence-electron chi connectivity index (χ2n) is 7.60. The molecule has 0 unspecified atom stereocenters. The molecule has 4 rings (SSSR count). The summed E-state index contributed by atoms with van der Waals surface area (Å²) < 4.78 is 12.4. The van der Waals surface area contributed by atoms with Gasteiger partial charge in [-0.1, -0.05) is 29.8 Å². The Kier molecular flexibility index (Phi) is 5.86. The predicted molar refractivity (Wildman–Crippen MR) is 116 cm³/mol. The van der Waals surface area contributed by atoms with Crippen LogP contribution in [0.25, 0.3) is 16.9 Å². The molecule has 6 nitrogen and oxygen atoms in total. The third-order valence-electron chi connectivity index (χ3n) is 5.67. The van der Waals surface area contributed by atoms with Gasteiger partial charge in [0.05, 0.1) is 31.3 Å². The molecule has 2 heterocycles. The van der Waals surface area contributed by atoms with E-state index in [-0.39, 0.29) is 11.9 Å². The molecule has 1 aliphatic heterocycles. The number of ether oxygens (including phenoxy) is 2. The average Bonchev–Trinajstić information content (AvgIpc) is 3.20. The molecule has 0 spiro atoms. The summed E-state index contributed by atoms with van der Waals surface area (Å²) in [5.41, 5.74) is 5.10. The number of esters is 1.